The van der Waals surface area contributed by atoms with Gasteiger partial charge in [-0.1, -0.05) is 6.07 Å². The van der Waals surface area contributed by atoms with Crippen LogP contribution in [0.4, 0.5) is 18.9 Å². The predicted molar refractivity (Wildman–Crippen MR) is 75.8 cm³/mol. The summed E-state index contributed by atoms with van der Waals surface area (Å²) >= 11 is 0. The van der Waals surface area contributed by atoms with E-state index in [2.05, 4.69) is 0 Å². The summed E-state index contributed by atoms with van der Waals surface area (Å²) in [6.07, 6.45) is -4.22. The molecule has 0 unspecified atom stereocenters. The van der Waals surface area contributed by atoms with Crippen LogP contribution in [0.1, 0.15) is 10.4 Å². The van der Waals surface area contributed by atoms with Crippen molar-refractivity contribution in [3.8, 4) is 5.75 Å². The number of nitrogens with zero attached hydrogens (tertiary/aromatic N) is 2. The van der Waals surface area contributed by atoms with Crippen molar-refractivity contribution in [3.63, 3.8) is 0 Å². The Morgan fingerprint density at radius 1 is 1.27 bits per heavy atom. The first-order valence-electron chi connectivity index (χ1n) is 6.82. The average molecular weight is 317 g/mol. The van der Waals surface area contributed by atoms with E-state index in [-0.39, 0.29) is 37.8 Å². The molecule has 1 saturated heterocycles. The number of ether oxygens (including phenoxy) is 1. The van der Waals surface area contributed by atoms with Crippen LogP contribution in [0.15, 0.2) is 18.2 Å². The van der Waals surface area contributed by atoms with Crippen molar-refractivity contribution in [3.05, 3.63) is 23.8 Å². The highest BCUT2D eigenvalue weighted by atomic mass is 19.4. The molecule has 1 fully saturated rings. The lowest BCUT2D eigenvalue weighted by molar-refractivity contribution is -0.148. The number of hydrogen-bond acceptors (Lipinski definition) is 4. The van der Waals surface area contributed by atoms with Crippen LogP contribution in [0.2, 0.25) is 0 Å². The molecule has 1 aromatic rings. The summed E-state index contributed by atoms with van der Waals surface area (Å²) in [5.41, 5.74) is 6.43. The molecule has 122 valence electrons. The third kappa shape index (κ3) is 3.82. The molecule has 2 rings (SSSR count). The van der Waals surface area contributed by atoms with Crippen molar-refractivity contribution in [1.29, 1.82) is 0 Å². The van der Waals surface area contributed by atoms with Crippen LogP contribution in [-0.2, 0) is 0 Å². The van der Waals surface area contributed by atoms with E-state index in [4.69, 9.17) is 10.5 Å². The summed E-state index contributed by atoms with van der Waals surface area (Å²) in [4.78, 5) is 15.2. The van der Waals surface area contributed by atoms with E-state index in [9.17, 15) is 18.0 Å². The zero-order valence-corrected chi connectivity index (χ0v) is 12.2. The zero-order chi connectivity index (χ0) is 16.3. The molecule has 0 saturated carbocycles. The molecular formula is C14H18F3N3O2. The van der Waals surface area contributed by atoms with E-state index in [1.54, 1.807) is 18.2 Å². The van der Waals surface area contributed by atoms with E-state index in [1.807, 2.05) is 0 Å². The fourth-order valence-electron chi connectivity index (χ4n) is 2.44. The number of hydrogen-bond donors (Lipinski definition) is 1. The first-order valence-corrected chi connectivity index (χ1v) is 6.82. The monoisotopic (exact) mass is 317 g/mol. The number of rotatable bonds is 3. The number of para-hydroxylation sites is 1. The maximum Gasteiger partial charge on any atom is 0.401 e. The van der Waals surface area contributed by atoms with Gasteiger partial charge in [0.1, 0.15) is 5.75 Å². The number of anilines is 1. The Kier molecular flexibility index (Phi) is 4.80. The Hall–Kier alpha value is -1.96. The van der Waals surface area contributed by atoms with Crippen molar-refractivity contribution < 1.29 is 22.7 Å². The van der Waals surface area contributed by atoms with E-state index < -0.39 is 12.7 Å². The molecule has 0 aromatic heterocycles. The molecule has 8 heteroatoms. The summed E-state index contributed by atoms with van der Waals surface area (Å²) in [6.45, 7) is -0.0856. The number of nitrogens with two attached hydrogens (primary N) is 1. The van der Waals surface area contributed by atoms with E-state index >= 15 is 0 Å². The fraction of sp³-hybridized carbons (Fsp3) is 0.500. The lowest BCUT2D eigenvalue weighted by Crippen LogP contribution is -2.51. The number of carbonyl (C=O) groups is 1. The Morgan fingerprint density at radius 2 is 1.91 bits per heavy atom. The van der Waals surface area contributed by atoms with Gasteiger partial charge < -0.3 is 15.4 Å². The highest BCUT2D eigenvalue weighted by molar-refractivity contribution is 6.00. The fourth-order valence-corrected chi connectivity index (χ4v) is 2.44. The molecule has 1 heterocycles. The zero-order valence-electron chi connectivity index (χ0n) is 12.2. The van der Waals surface area contributed by atoms with Crippen LogP contribution >= 0.6 is 0 Å². The second kappa shape index (κ2) is 6.43. The van der Waals surface area contributed by atoms with Crippen LogP contribution in [0.5, 0.6) is 5.75 Å². The van der Waals surface area contributed by atoms with Crippen molar-refractivity contribution in [2.75, 3.05) is 45.6 Å². The Bertz CT molecular complexity index is 541. The smallest absolute Gasteiger partial charge is 0.401 e. The van der Waals surface area contributed by atoms with Gasteiger partial charge in [-0.3, -0.25) is 9.69 Å². The summed E-state index contributed by atoms with van der Waals surface area (Å²) in [6, 6.07) is 4.89. The molecule has 0 bridgehead atoms. The number of halogens is 3. The highest BCUT2D eigenvalue weighted by Crippen LogP contribution is 2.26. The van der Waals surface area contributed by atoms with E-state index in [0.29, 0.717) is 11.3 Å². The lowest BCUT2D eigenvalue weighted by atomic mass is 10.1. The number of benzene rings is 1. The third-order valence-corrected chi connectivity index (χ3v) is 3.58. The SMILES string of the molecule is COc1cccc(C(=O)N2CCN(CC(F)(F)F)CC2)c1N. The van der Waals surface area contributed by atoms with Gasteiger partial charge in [-0.05, 0) is 12.1 Å². The molecule has 5 nitrogen and oxygen atoms in total. The minimum atomic E-state index is -4.22. The van der Waals surface area contributed by atoms with E-state index in [0.717, 1.165) is 0 Å². The van der Waals surface area contributed by atoms with Gasteiger partial charge >= 0.3 is 6.18 Å². The number of piperazine rings is 1. The van der Waals surface area contributed by atoms with Gasteiger partial charge in [0, 0.05) is 26.2 Å². The van der Waals surface area contributed by atoms with Crippen molar-refractivity contribution in [1.82, 2.24) is 9.80 Å². The molecule has 1 aliphatic heterocycles. The summed E-state index contributed by atoms with van der Waals surface area (Å²) in [5, 5.41) is 0. The standard InChI is InChI=1S/C14H18F3N3O2/c1-22-11-4-2-3-10(12(11)18)13(21)20-7-5-19(6-8-20)9-14(15,16)17/h2-4H,5-9,18H2,1H3. The molecule has 2 N–H and O–H groups in total. The first kappa shape index (κ1) is 16.4. The second-order valence-corrected chi connectivity index (χ2v) is 5.11. The van der Waals surface area contributed by atoms with Gasteiger partial charge in [-0.15, -0.1) is 0 Å². The minimum absolute atomic E-state index is 0.190. The topological polar surface area (TPSA) is 58.8 Å². The third-order valence-electron chi connectivity index (χ3n) is 3.58. The lowest BCUT2D eigenvalue weighted by Gasteiger charge is -2.35. The first-order chi connectivity index (χ1) is 10.3. The quantitative estimate of drug-likeness (QED) is 0.860. The number of amides is 1. The number of alkyl halides is 3. The maximum absolute atomic E-state index is 12.4. The normalized spacial score (nSPS) is 16.6. The van der Waals surface area contributed by atoms with Crippen molar-refractivity contribution in [2.24, 2.45) is 0 Å². The molecule has 1 amide bonds. The van der Waals surface area contributed by atoms with Crippen molar-refractivity contribution >= 4 is 11.6 Å². The molecule has 22 heavy (non-hydrogen) atoms. The average Bonchev–Trinajstić information content (AvgIpc) is 2.46. The molecule has 0 radical (unpaired) electrons. The van der Waals surface area contributed by atoms with Crippen LogP contribution in [0.3, 0.4) is 0 Å². The Morgan fingerprint density at radius 3 is 2.45 bits per heavy atom. The van der Waals surface area contributed by atoms with E-state index in [1.165, 1.54) is 16.9 Å². The molecular weight excluding hydrogens is 299 g/mol. The van der Waals surface area contributed by atoms with Gasteiger partial charge in [-0.2, -0.15) is 13.2 Å². The maximum atomic E-state index is 12.4. The summed E-state index contributed by atoms with van der Waals surface area (Å²) in [5.74, 6) is 0.115. The Balaban J connectivity index is 2.01. The molecule has 0 spiro atoms. The van der Waals surface area contributed by atoms with Crippen LogP contribution in [0.25, 0.3) is 0 Å². The van der Waals surface area contributed by atoms with Crippen LogP contribution in [-0.4, -0.2) is 61.7 Å². The largest absolute Gasteiger partial charge is 0.495 e. The number of nitrogen functional groups attached to an aromatic ring is 1. The van der Waals surface area contributed by atoms with Gasteiger partial charge in [0.15, 0.2) is 0 Å². The van der Waals surface area contributed by atoms with Gasteiger partial charge in [0.25, 0.3) is 5.91 Å². The molecule has 1 aliphatic rings. The summed E-state index contributed by atoms with van der Waals surface area (Å²) < 4.78 is 42.1. The number of methoxy groups -OCH3 is 1. The minimum Gasteiger partial charge on any atom is -0.495 e. The van der Waals surface area contributed by atoms with Gasteiger partial charge in [0.05, 0.1) is 24.9 Å². The van der Waals surface area contributed by atoms with Gasteiger partial charge in [0.2, 0.25) is 0 Å². The predicted octanol–water partition coefficient (Wildman–Crippen LogP) is 1.60. The second-order valence-electron chi connectivity index (χ2n) is 5.11. The summed E-state index contributed by atoms with van der Waals surface area (Å²) in [7, 11) is 1.45. The highest BCUT2D eigenvalue weighted by Gasteiger charge is 2.33. The number of carbonyl (C=O) groups excluding carboxylic acids is 1. The molecule has 0 atom stereocenters. The van der Waals surface area contributed by atoms with Crippen molar-refractivity contribution in [2.45, 2.75) is 6.18 Å². The van der Waals surface area contributed by atoms with Crippen LogP contribution < -0.4 is 10.5 Å². The molecule has 0 aliphatic carbocycles. The Labute approximate surface area is 126 Å². The molecule has 1 aromatic carbocycles. The van der Waals surface area contributed by atoms with Crippen LogP contribution in [0, 0.1) is 0 Å². The van der Waals surface area contributed by atoms with Gasteiger partial charge in [-0.25, -0.2) is 0 Å².